The summed E-state index contributed by atoms with van der Waals surface area (Å²) in [4.78, 5) is 51.9. The highest BCUT2D eigenvalue weighted by Gasteiger charge is 2.51. The van der Waals surface area contributed by atoms with Crippen molar-refractivity contribution in [3.05, 3.63) is 60.2 Å². The molecule has 1 saturated heterocycles. The molecule has 0 bridgehead atoms. The van der Waals surface area contributed by atoms with E-state index in [9.17, 15) is 24.3 Å². The van der Waals surface area contributed by atoms with Gasteiger partial charge in [0.15, 0.2) is 13.2 Å². The van der Waals surface area contributed by atoms with E-state index in [1.165, 1.54) is 4.90 Å². The van der Waals surface area contributed by atoms with E-state index in [0.29, 0.717) is 17.9 Å². The van der Waals surface area contributed by atoms with Crippen LogP contribution in [-0.2, 0) is 30.5 Å². The Morgan fingerprint density at radius 3 is 2.20 bits per heavy atom. The number of benzene rings is 2. The summed E-state index contributed by atoms with van der Waals surface area (Å²) in [6, 6.07) is 13.9. The maximum absolute atomic E-state index is 13.7. The third kappa shape index (κ3) is 7.77. The molecule has 41 heavy (non-hydrogen) atoms. The first-order valence-corrected chi connectivity index (χ1v) is 13.9. The highest BCUT2D eigenvalue weighted by Crippen LogP contribution is 2.42. The van der Waals surface area contributed by atoms with Gasteiger partial charge in [-0.25, -0.2) is 9.59 Å². The van der Waals surface area contributed by atoms with Crippen molar-refractivity contribution in [3.8, 4) is 11.5 Å². The smallest absolute Gasteiger partial charge is 0.344 e. The topological polar surface area (TPSA) is 131 Å². The summed E-state index contributed by atoms with van der Waals surface area (Å²) in [5.74, 6) is -1.35. The quantitative estimate of drug-likeness (QED) is 0.395. The van der Waals surface area contributed by atoms with Crippen molar-refractivity contribution in [3.63, 3.8) is 0 Å². The molecule has 1 aliphatic heterocycles. The Morgan fingerprint density at radius 1 is 0.951 bits per heavy atom. The van der Waals surface area contributed by atoms with Gasteiger partial charge in [0.1, 0.15) is 30.2 Å². The molecule has 2 aromatic carbocycles. The van der Waals surface area contributed by atoms with Crippen molar-refractivity contribution in [2.75, 3.05) is 13.2 Å². The van der Waals surface area contributed by atoms with Crippen LogP contribution >= 0.6 is 0 Å². The highest BCUT2D eigenvalue weighted by molar-refractivity contribution is 5.92. The lowest BCUT2D eigenvalue weighted by Gasteiger charge is -2.37. The summed E-state index contributed by atoms with van der Waals surface area (Å²) in [5, 5.41) is 12.6. The SMILES string of the molecule is CC(C)(C)[C@H](NC(=O)COc1ccc(OCC(=O)OCc2ccccc2)cc1)C(=O)N1C(C(=O)O)C[C@@H]2CCC[C@@H]21. The van der Waals surface area contributed by atoms with Gasteiger partial charge in [0, 0.05) is 6.04 Å². The van der Waals surface area contributed by atoms with Crippen molar-refractivity contribution in [2.45, 2.75) is 71.2 Å². The molecule has 2 fully saturated rings. The van der Waals surface area contributed by atoms with Crippen molar-refractivity contribution < 1.29 is 38.5 Å². The van der Waals surface area contributed by atoms with E-state index in [4.69, 9.17) is 14.2 Å². The number of likely N-dealkylation sites (tertiary alicyclic amines) is 1. The minimum Gasteiger partial charge on any atom is -0.484 e. The normalized spacial score (nSPS) is 20.6. The first-order valence-electron chi connectivity index (χ1n) is 13.9. The predicted molar refractivity (Wildman–Crippen MR) is 149 cm³/mol. The number of nitrogens with zero attached hydrogens (tertiary/aromatic N) is 1. The first kappa shape index (κ1) is 29.9. The van der Waals surface area contributed by atoms with Gasteiger partial charge < -0.3 is 29.5 Å². The Kier molecular flexibility index (Phi) is 9.52. The van der Waals surface area contributed by atoms with Crippen LogP contribution in [0.25, 0.3) is 0 Å². The van der Waals surface area contributed by atoms with E-state index in [0.717, 1.165) is 24.8 Å². The second-order valence-electron chi connectivity index (χ2n) is 11.7. The summed E-state index contributed by atoms with van der Waals surface area (Å²) in [6.45, 7) is 5.10. The Balaban J connectivity index is 1.27. The van der Waals surface area contributed by atoms with Crippen LogP contribution < -0.4 is 14.8 Å². The molecule has 2 aliphatic rings. The van der Waals surface area contributed by atoms with E-state index < -0.39 is 35.3 Å². The van der Waals surface area contributed by atoms with Gasteiger partial charge in [-0.3, -0.25) is 9.59 Å². The van der Waals surface area contributed by atoms with Crippen LogP contribution in [0.5, 0.6) is 11.5 Å². The number of carbonyl (C=O) groups is 4. The molecule has 4 rings (SSSR count). The lowest BCUT2D eigenvalue weighted by Crippen LogP contribution is -2.59. The third-order valence-corrected chi connectivity index (χ3v) is 7.59. The van der Waals surface area contributed by atoms with Crippen LogP contribution in [0.1, 0.15) is 52.0 Å². The molecule has 1 unspecified atom stereocenters. The van der Waals surface area contributed by atoms with Gasteiger partial charge in [-0.15, -0.1) is 0 Å². The molecule has 10 nitrogen and oxygen atoms in total. The number of carbonyl (C=O) groups excluding carboxylic acids is 3. The number of esters is 1. The molecule has 0 radical (unpaired) electrons. The average Bonchev–Trinajstić information content (AvgIpc) is 3.54. The van der Waals surface area contributed by atoms with Crippen molar-refractivity contribution >= 4 is 23.8 Å². The fraction of sp³-hybridized carbons (Fsp3) is 0.484. The van der Waals surface area contributed by atoms with Gasteiger partial charge in [0.25, 0.3) is 5.91 Å². The highest BCUT2D eigenvalue weighted by atomic mass is 16.6. The average molecular weight is 567 g/mol. The molecule has 10 heteroatoms. The standard InChI is InChI=1S/C31H38N2O8/c1-31(2,3)28(29(36)33-24-11-7-10-21(24)16-25(33)30(37)38)32-26(34)18-39-22-12-14-23(15-13-22)40-19-27(35)41-17-20-8-5-4-6-9-20/h4-6,8-9,12-15,21,24-25,28H,7,10-11,16-19H2,1-3H3,(H,32,34)(H,37,38)/t21-,24-,25?,28+/m0/s1. The molecule has 2 aromatic rings. The minimum absolute atomic E-state index is 0.104. The molecule has 1 heterocycles. The Morgan fingerprint density at radius 2 is 1.59 bits per heavy atom. The molecule has 0 aromatic heterocycles. The molecule has 0 spiro atoms. The third-order valence-electron chi connectivity index (χ3n) is 7.59. The monoisotopic (exact) mass is 566 g/mol. The van der Waals surface area contributed by atoms with Gasteiger partial charge in [0.2, 0.25) is 5.91 Å². The summed E-state index contributed by atoms with van der Waals surface area (Å²) in [5.41, 5.74) is 0.237. The Labute approximate surface area is 240 Å². The van der Waals surface area contributed by atoms with Crippen LogP contribution in [0, 0.1) is 11.3 Å². The van der Waals surface area contributed by atoms with E-state index in [-0.39, 0.29) is 37.7 Å². The number of carboxylic acid groups (broad SMARTS) is 1. The number of carboxylic acids is 1. The Hall–Kier alpha value is -4.08. The summed E-state index contributed by atoms with van der Waals surface area (Å²) in [7, 11) is 0. The van der Waals surface area contributed by atoms with E-state index >= 15 is 0 Å². The number of fused-ring (bicyclic) bond motifs is 1. The molecular weight excluding hydrogens is 528 g/mol. The van der Waals surface area contributed by atoms with Gasteiger partial charge in [0.05, 0.1) is 0 Å². The first-order chi connectivity index (χ1) is 19.5. The molecule has 220 valence electrons. The summed E-state index contributed by atoms with van der Waals surface area (Å²) >= 11 is 0. The summed E-state index contributed by atoms with van der Waals surface area (Å²) < 4.78 is 16.3. The second-order valence-corrected chi connectivity index (χ2v) is 11.7. The molecular formula is C31H38N2O8. The van der Waals surface area contributed by atoms with Crippen LogP contribution in [0.4, 0.5) is 0 Å². The van der Waals surface area contributed by atoms with Crippen molar-refractivity contribution in [1.29, 1.82) is 0 Å². The fourth-order valence-electron chi connectivity index (χ4n) is 5.53. The summed E-state index contributed by atoms with van der Waals surface area (Å²) in [6.07, 6.45) is 3.12. The molecule has 2 amide bonds. The van der Waals surface area contributed by atoms with E-state index in [1.807, 2.05) is 51.1 Å². The lowest BCUT2D eigenvalue weighted by molar-refractivity contribution is -0.152. The lowest BCUT2D eigenvalue weighted by atomic mass is 9.85. The fourth-order valence-corrected chi connectivity index (χ4v) is 5.53. The number of nitrogens with one attached hydrogen (secondary N) is 1. The van der Waals surface area contributed by atoms with E-state index in [1.54, 1.807) is 24.3 Å². The number of amides is 2. The zero-order chi connectivity index (χ0) is 29.6. The van der Waals surface area contributed by atoms with E-state index in [2.05, 4.69) is 5.32 Å². The molecule has 4 atom stereocenters. The maximum Gasteiger partial charge on any atom is 0.344 e. The largest absolute Gasteiger partial charge is 0.484 e. The molecule has 1 aliphatic carbocycles. The number of hydrogen-bond donors (Lipinski definition) is 2. The zero-order valence-electron chi connectivity index (χ0n) is 23.7. The number of hydrogen-bond acceptors (Lipinski definition) is 7. The molecule has 2 N–H and O–H groups in total. The number of aliphatic carboxylic acids is 1. The van der Waals surface area contributed by atoms with Crippen LogP contribution in [0.15, 0.2) is 54.6 Å². The van der Waals surface area contributed by atoms with Crippen molar-refractivity contribution in [2.24, 2.45) is 11.3 Å². The van der Waals surface area contributed by atoms with Gasteiger partial charge in [-0.2, -0.15) is 0 Å². The molecule has 1 saturated carbocycles. The second kappa shape index (κ2) is 13.1. The van der Waals surface area contributed by atoms with Crippen molar-refractivity contribution in [1.82, 2.24) is 10.2 Å². The van der Waals surface area contributed by atoms with Gasteiger partial charge in [-0.1, -0.05) is 57.5 Å². The Bertz CT molecular complexity index is 1220. The maximum atomic E-state index is 13.7. The van der Waals surface area contributed by atoms with Gasteiger partial charge >= 0.3 is 11.9 Å². The van der Waals surface area contributed by atoms with Crippen LogP contribution in [0.2, 0.25) is 0 Å². The van der Waals surface area contributed by atoms with Crippen LogP contribution in [-0.4, -0.2) is 65.1 Å². The number of ether oxygens (including phenoxy) is 3. The zero-order valence-corrected chi connectivity index (χ0v) is 23.7. The minimum atomic E-state index is -1.01. The predicted octanol–water partition coefficient (Wildman–Crippen LogP) is 3.57. The van der Waals surface area contributed by atoms with Crippen LogP contribution in [0.3, 0.4) is 0 Å². The van der Waals surface area contributed by atoms with Gasteiger partial charge in [-0.05, 0) is 60.4 Å². The number of rotatable bonds is 11.